The highest BCUT2D eigenvalue weighted by Gasteiger charge is 2.72. The zero-order valence-corrected chi connectivity index (χ0v) is 36.2. The minimum atomic E-state index is -1.37. The van der Waals surface area contributed by atoms with E-state index in [0.29, 0.717) is 71.9 Å². The molecule has 13 nitrogen and oxygen atoms in total. The molecule has 1 aliphatic carbocycles. The van der Waals surface area contributed by atoms with Gasteiger partial charge in [0.2, 0.25) is 23.6 Å². The average molecular weight is 908 g/mol. The molecule has 0 radical (unpaired) electrons. The Morgan fingerprint density at radius 3 is 2.38 bits per heavy atom. The SMILES string of the molecule is O=C1CCC(N2C(=O)c3cccc(NCCCCCC(=O)c4ccc(NC(=O)[C@@H]5NC6(CCCCC6)[C@@]6(C(=O)Nc7cc(Cl)ccc76)[C@H]5c5cccc(Cl)c5F)cc4)c3C2=O)C(=O)N1. The lowest BCUT2D eigenvalue weighted by molar-refractivity contribution is -0.136. The Hall–Kier alpha value is -5.96. The fraction of sp³-hybridized carbons (Fsp3) is 0.354. The number of piperidine rings is 1. The summed E-state index contributed by atoms with van der Waals surface area (Å²) in [6.07, 6.45) is 6.09. The normalized spacial score (nSPS) is 23.3. The summed E-state index contributed by atoms with van der Waals surface area (Å²) in [5.74, 6) is -4.81. The molecular formula is C48H45Cl2FN6O7. The second-order valence-electron chi connectivity index (χ2n) is 17.2. The summed E-state index contributed by atoms with van der Waals surface area (Å²) >= 11 is 12.8. The van der Waals surface area contributed by atoms with Gasteiger partial charge in [0, 0.05) is 58.5 Å². The van der Waals surface area contributed by atoms with E-state index in [2.05, 4.69) is 26.6 Å². The number of unbranched alkanes of at least 4 members (excludes halogenated alkanes) is 2. The predicted molar refractivity (Wildman–Crippen MR) is 238 cm³/mol. The van der Waals surface area contributed by atoms with Crippen molar-refractivity contribution >= 4 is 81.5 Å². The average Bonchev–Trinajstić information content (AvgIpc) is 3.84. The number of carbonyl (C=O) groups is 7. The van der Waals surface area contributed by atoms with Gasteiger partial charge in [-0.15, -0.1) is 0 Å². The van der Waals surface area contributed by atoms with Crippen LogP contribution in [0.25, 0.3) is 0 Å². The molecule has 3 fully saturated rings. The molecule has 64 heavy (non-hydrogen) atoms. The van der Waals surface area contributed by atoms with Crippen molar-refractivity contribution in [3.05, 3.63) is 123 Å². The Balaban J connectivity index is 0.841. The van der Waals surface area contributed by atoms with Crippen molar-refractivity contribution in [3.8, 4) is 0 Å². The number of halogens is 3. The topological polar surface area (TPSA) is 183 Å². The van der Waals surface area contributed by atoms with Crippen LogP contribution in [-0.4, -0.2) is 70.3 Å². The van der Waals surface area contributed by atoms with E-state index in [9.17, 15) is 33.6 Å². The molecule has 4 aliphatic heterocycles. The molecule has 0 aromatic heterocycles. The number of nitrogens with one attached hydrogen (secondary N) is 5. The van der Waals surface area contributed by atoms with Crippen molar-refractivity contribution in [1.29, 1.82) is 0 Å². The van der Waals surface area contributed by atoms with E-state index < -0.39 is 64.3 Å². The van der Waals surface area contributed by atoms with Crippen molar-refractivity contribution in [2.24, 2.45) is 0 Å². The lowest BCUT2D eigenvalue weighted by Gasteiger charge is -2.47. The highest BCUT2D eigenvalue weighted by molar-refractivity contribution is 6.31. The first kappa shape index (κ1) is 43.3. The first-order valence-corrected chi connectivity index (χ1v) is 22.5. The molecule has 0 bridgehead atoms. The molecule has 9 rings (SSSR count). The van der Waals surface area contributed by atoms with Crippen LogP contribution in [-0.2, 0) is 24.6 Å². The van der Waals surface area contributed by atoms with Crippen molar-refractivity contribution in [2.45, 2.75) is 99.6 Å². The zero-order chi connectivity index (χ0) is 44.9. The molecule has 4 aromatic rings. The van der Waals surface area contributed by atoms with Gasteiger partial charge in [0.1, 0.15) is 17.3 Å². The number of carbonyl (C=O) groups excluding carboxylic acids is 7. The van der Waals surface area contributed by atoms with Gasteiger partial charge in [-0.05, 0) is 97.8 Å². The maximum absolute atomic E-state index is 16.2. The summed E-state index contributed by atoms with van der Waals surface area (Å²) in [4.78, 5) is 94.0. The van der Waals surface area contributed by atoms with Crippen LogP contribution in [0.4, 0.5) is 21.5 Å². The minimum Gasteiger partial charge on any atom is -0.384 e. The number of amides is 6. The monoisotopic (exact) mass is 906 g/mol. The fourth-order valence-corrected chi connectivity index (χ4v) is 11.1. The van der Waals surface area contributed by atoms with E-state index in [1.165, 1.54) is 6.07 Å². The van der Waals surface area contributed by atoms with Gasteiger partial charge in [0.25, 0.3) is 11.8 Å². The van der Waals surface area contributed by atoms with E-state index >= 15 is 4.39 Å². The molecule has 1 unspecified atom stereocenters. The highest BCUT2D eigenvalue weighted by Crippen LogP contribution is 2.63. The number of fused-ring (bicyclic) bond motifs is 4. The largest absolute Gasteiger partial charge is 0.384 e. The Morgan fingerprint density at radius 2 is 1.61 bits per heavy atom. The van der Waals surface area contributed by atoms with E-state index in [-0.39, 0.29) is 52.7 Å². The van der Waals surface area contributed by atoms with Gasteiger partial charge in [-0.1, -0.05) is 73.2 Å². The van der Waals surface area contributed by atoms with Gasteiger partial charge in [-0.25, -0.2) is 4.39 Å². The number of hydrogen-bond acceptors (Lipinski definition) is 9. The molecule has 1 saturated carbocycles. The molecule has 4 aromatic carbocycles. The van der Waals surface area contributed by atoms with Gasteiger partial charge in [0.15, 0.2) is 5.78 Å². The Kier molecular flexibility index (Phi) is 11.6. The van der Waals surface area contributed by atoms with Crippen molar-refractivity contribution in [3.63, 3.8) is 0 Å². The number of benzene rings is 4. The van der Waals surface area contributed by atoms with Crippen LogP contribution in [0.2, 0.25) is 10.0 Å². The van der Waals surface area contributed by atoms with Gasteiger partial charge in [-0.2, -0.15) is 0 Å². The molecule has 4 heterocycles. The summed E-state index contributed by atoms with van der Waals surface area (Å²) in [5.41, 5.74) is 0.843. The number of anilines is 3. The molecule has 330 valence electrons. The van der Waals surface area contributed by atoms with Gasteiger partial charge in [-0.3, -0.25) is 49.1 Å². The van der Waals surface area contributed by atoms with Crippen LogP contribution in [0, 0.1) is 5.82 Å². The highest BCUT2D eigenvalue weighted by atomic mass is 35.5. The van der Waals surface area contributed by atoms with E-state index in [0.717, 1.165) is 24.2 Å². The molecular weight excluding hydrogens is 862 g/mol. The number of nitrogens with zero attached hydrogens (tertiary/aromatic N) is 1. The summed E-state index contributed by atoms with van der Waals surface area (Å²) < 4.78 is 16.2. The van der Waals surface area contributed by atoms with Gasteiger partial charge >= 0.3 is 0 Å². The molecule has 5 aliphatic rings. The Bertz CT molecular complexity index is 2630. The van der Waals surface area contributed by atoms with E-state index in [1.54, 1.807) is 72.8 Å². The zero-order valence-electron chi connectivity index (χ0n) is 34.7. The summed E-state index contributed by atoms with van der Waals surface area (Å²) in [7, 11) is 0. The summed E-state index contributed by atoms with van der Waals surface area (Å²) in [6.45, 7) is 0.466. The third kappa shape index (κ3) is 7.25. The van der Waals surface area contributed by atoms with Crippen LogP contribution < -0.4 is 26.6 Å². The Labute approximate surface area is 378 Å². The van der Waals surface area contributed by atoms with E-state index in [1.807, 2.05) is 0 Å². The quantitative estimate of drug-likeness (QED) is 0.0541. The van der Waals surface area contributed by atoms with Crippen LogP contribution in [0.5, 0.6) is 0 Å². The smallest absolute Gasteiger partial charge is 0.264 e. The van der Waals surface area contributed by atoms with Crippen molar-refractivity contribution in [1.82, 2.24) is 15.5 Å². The lowest BCUT2D eigenvalue weighted by atomic mass is 9.55. The molecule has 6 amide bonds. The van der Waals surface area contributed by atoms with Crippen molar-refractivity contribution < 1.29 is 38.0 Å². The molecule has 2 saturated heterocycles. The Morgan fingerprint density at radius 1 is 0.844 bits per heavy atom. The van der Waals surface area contributed by atoms with Crippen LogP contribution >= 0.6 is 23.2 Å². The maximum atomic E-state index is 16.2. The first-order chi connectivity index (χ1) is 30.8. The maximum Gasteiger partial charge on any atom is 0.264 e. The molecule has 5 N–H and O–H groups in total. The lowest BCUT2D eigenvalue weighted by Crippen LogP contribution is -2.60. The number of hydrogen-bond donors (Lipinski definition) is 5. The first-order valence-electron chi connectivity index (χ1n) is 21.7. The molecule has 4 atom stereocenters. The molecule has 2 spiro atoms. The predicted octanol–water partition coefficient (Wildman–Crippen LogP) is 7.68. The van der Waals surface area contributed by atoms with Gasteiger partial charge in [0.05, 0.1) is 22.2 Å². The second-order valence-corrected chi connectivity index (χ2v) is 18.1. The third-order valence-corrected chi connectivity index (χ3v) is 14.2. The second kappa shape index (κ2) is 17.2. The van der Waals surface area contributed by atoms with Crippen LogP contribution in [0.3, 0.4) is 0 Å². The van der Waals surface area contributed by atoms with Crippen LogP contribution in [0.1, 0.15) is 119 Å². The number of imide groups is 2. The third-order valence-electron chi connectivity index (χ3n) is 13.6. The van der Waals surface area contributed by atoms with Crippen molar-refractivity contribution in [2.75, 3.05) is 22.5 Å². The minimum absolute atomic E-state index is 0.0354. The molecule has 16 heteroatoms. The van der Waals surface area contributed by atoms with Gasteiger partial charge < -0.3 is 16.0 Å². The number of rotatable bonds is 12. The van der Waals surface area contributed by atoms with Crippen LogP contribution in [0.15, 0.2) is 78.9 Å². The number of ketones is 1. The summed E-state index contributed by atoms with van der Waals surface area (Å²) in [5, 5.41) is 15.4. The standard InChI is InChI=1S/C48H45Cl2FN6O7/c49-27-16-19-31-34(25-27)54-46(64)48(31)39(30-10-7-11-32(50)40(30)51)41(56-47(48)22-4-2-5-23-47)43(61)53-28-17-14-26(15-18-28)36(58)13-3-1-6-24-52-33-12-8-9-29-38(33)45(63)57(44(29)62)35-20-21-37(59)55-42(35)60/h7-12,14-19,25,35,39,41,52,56H,1-6,13,20-24H2,(H,53,61)(H,54,64)(H,55,59,60)/t35?,39-,41+,48+/m0/s1. The fourth-order valence-electron chi connectivity index (χ4n) is 10.8. The van der Waals surface area contributed by atoms with E-state index in [4.69, 9.17) is 23.2 Å². The summed E-state index contributed by atoms with van der Waals surface area (Å²) in [6, 6.07) is 19.3. The number of Topliss-reactive ketones (excluding diaryl/α,β-unsaturated/α-hetero) is 1.